The van der Waals surface area contributed by atoms with Crippen molar-refractivity contribution in [3.63, 3.8) is 0 Å². The van der Waals surface area contributed by atoms with Gasteiger partial charge < -0.3 is 14.7 Å². The molecule has 0 saturated heterocycles. The zero-order valence-corrected chi connectivity index (χ0v) is 14.4. The average Bonchev–Trinajstić information content (AvgIpc) is 2.87. The molecule has 1 N–H and O–H groups in total. The van der Waals surface area contributed by atoms with E-state index in [1.807, 2.05) is 37.7 Å². The van der Waals surface area contributed by atoms with Gasteiger partial charge in [-0.15, -0.1) is 11.8 Å². The predicted octanol–water partition coefficient (Wildman–Crippen LogP) is 3.67. The molecular formula is C17H21N3O2S. The molecule has 0 unspecified atom stereocenters. The number of carbonyl (C=O) groups excluding carboxylic acids is 1. The molecule has 6 heteroatoms. The number of carbonyl (C=O) groups is 1. The third-order valence-electron chi connectivity index (χ3n) is 4.18. The molecule has 1 atom stereocenters. The molecule has 0 spiro atoms. The minimum absolute atomic E-state index is 0.0725. The van der Waals surface area contributed by atoms with Gasteiger partial charge in [-0.1, -0.05) is 23.4 Å². The largest absolute Gasteiger partial charge is 0.361 e. The molecule has 1 aromatic heterocycles. The van der Waals surface area contributed by atoms with E-state index in [1.54, 1.807) is 11.9 Å². The summed E-state index contributed by atoms with van der Waals surface area (Å²) in [5.41, 5.74) is 3.02. The van der Waals surface area contributed by atoms with Gasteiger partial charge in [-0.2, -0.15) is 0 Å². The van der Waals surface area contributed by atoms with Gasteiger partial charge in [0.1, 0.15) is 5.76 Å². The standard InChI is InChI=1S/C17H21N3O2S/c1-11-14(12(2)22-19-11)10-20(3)17(21)18-15-8-9-23-16-7-5-4-6-13(15)16/h4-7,15H,8-10H2,1-3H3,(H,18,21)/t15-/m1/s1. The fourth-order valence-corrected chi connectivity index (χ4v) is 3.91. The summed E-state index contributed by atoms with van der Waals surface area (Å²) in [6.45, 7) is 4.26. The molecular weight excluding hydrogens is 310 g/mol. The molecule has 122 valence electrons. The normalized spacial score (nSPS) is 16.7. The maximum atomic E-state index is 12.5. The summed E-state index contributed by atoms with van der Waals surface area (Å²) in [4.78, 5) is 15.5. The molecule has 1 aliphatic rings. The summed E-state index contributed by atoms with van der Waals surface area (Å²) in [7, 11) is 1.80. The Balaban J connectivity index is 1.68. The van der Waals surface area contributed by atoms with Crippen LogP contribution in [0.2, 0.25) is 0 Å². The van der Waals surface area contributed by atoms with Crippen molar-refractivity contribution in [2.45, 2.75) is 37.8 Å². The lowest BCUT2D eigenvalue weighted by Crippen LogP contribution is -2.40. The molecule has 0 radical (unpaired) electrons. The number of hydrogen-bond donors (Lipinski definition) is 1. The monoisotopic (exact) mass is 331 g/mol. The number of urea groups is 1. The Morgan fingerprint density at radius 3 is 2.96 bits per heavy atom. The van der Waals surface area contributed by atoms with Crippen molar-refractivity contribution in [1.29, 1.82) is 0 Å². The number of fused-ring (bicyclic) bond motifs is 1. The van der Waals surface area contributed by atoms with Gasteiger partial charge in [-0.05, 0) is 31.9 Å². The van der Waals surface area contributed by atoms with Gasteiger partial charge in [0.15, 0.2) is 0 Å². The zero-order valence-electron chi connectivity index (χ0n) is 13.6. The second-order valence-electron chi connectivity index (χ2n) is 5.84. The Labute approximate surface area is 140 Å². The van der Waals surface area contributed by atoms with Gasteiger partial charge in [0.25, 0.3) is 0 Å². The van der Waals surface area contributed by atoms with E-state index in [0.29, 0.717) is 6.54 Å². The fourth-order valence-electron chi connectivity index (χ4n) is 2.79. The van der Waals surface area contributed by atoms with Gasteiger partial charge in [0.2, 0.25) is 0 Å². The van der Waals surface area contributed by atoms with Crippen molar-refractivity contribution in [2.24, 2.45) is 0 Å². The van der Waals surface area contributed by atoms with Crippen LogP contribution in [-0.2, 0) is 6.54 Å². The summed E-state index contributed by atoms with van der Waals surface area (Å²) in [6.07, 6.45) is 0.951. The molecule has 1 aliphatic heterocycles. The van der Waals surface area contributed by atoms with Crippen molar-refractivity contribution in [1.82, 2.24) is 15.4 Å². The van der Waals surface area contributed by atoms with E-state index in [9.17, 15) is 4.79 Å². The highest BCUT2D eigenvalue weighted by atomic mass is 32.2. The minimum atomic E-state index is -0.0725. The van der Waals surface area contributed by atoms with Crippen LogP contribution in [0, 0.1) is 13.8 Å². The Morgan fingerprint density at radius 1 is 1.43 bits per heavy atom. The molecule has 0 aliphatic carbocycles. The van der Waals surface area contributed by atoms with Crippen molar-refractivity contribution >= 4 is 17.8 Å². The number of hydrogen-bond acceptors (Lipinski definition) is 4. The smallest absolute Gasteiger partial charge is 0.317 e. The lowest BCUT2D eigenvalue weighted by molar-refractivity contribution is 0.202. The minimum Gasteiger partial charge on any atom is -0.361 e. The Bertz CT molecular complexity index is 694. The maximum absolute atomic E-state index is 12.5. The first-order valence-electron chi connectivity index (χ1n) is 7.71. The molecule has 3 rings (SSSR count). The number of thioether (sulfide) groups is 1. The Morgan fingerprint density at radius 2 is 2.22 bits per heavy atom. The number of benzene rings is 1. The van der Waals surface area contributed by atoms with E-state index in [4.69, 9.17) is 4.52 Å². The number of rotatable bonds is 3. The number of nitrogens with zero attached hydrogens (tertiary/aromatic N) is 2. The van der Waals surface area contributed by atoms with Crippen molar-refractivity contribution in [3.8, 4) is 0 Å². The van der Waals surface area contributed by atoms with E-state index in [1.165, 1.54) is 10.5 Å². The van der Waals surface area contributed by atoms with Crippen molar-refractivity contribution in [2.75, 3.05) is 12.8 Å². The van der Waals surface area contributed by atoms with Crippen LogP contribution in [-0.4, -0.2) is 28.9 Å². The van der Waals surface area contributed by atoms with Crippen LogP contribution in [0.3, 0.4) is 0 Å². The highest BCUT2D eigenvalue weighted by Crippen LogP contribution is 2.35. The lowest BCUT2D eigenvalue weighted by atomic mass is 10.0. The summed E-state index contributed by atoms with van der Waals surface area (Å²) >= 11 is 1.85. The molecule has 23 heavy (non-hydrogen) atoms. The van der Waals surface area contributed by atoms with E-state index in [2.05, 4.69) is 22.6 Å². The second kappa shape index (κ2) is 6.66. The first-order chi connectivity index (χ1) is 11.1. The van der Waals surface area contributed by atoms with Crippen LogP contribution in [0.1, 0.15) is 35.0 Å². The van der Waals surface area contributed by atoms with Gasteiger partial charge in [-0.3, -0.25) is 0 Å². The first kappa shape index (κ1) is 15.9. The summed E-state index contributed by atoms with van der Waals surface area (Å²) in [6, 6.07) is 8.28. The molecule has 2 aromatic rings. The van der Waals surface area contributed by atoms with Crippen molar-refractivity contribution in [3.05, 3.63) is 46.8 Å². The third-order valence-corrected chi connectivity index (χ3v) is 5.30. The summed E-state index contributed by atoms with van der Waals surface area (Å²) < 4.78 is 5.16. The highest BCUT2D eigenvalue weighted by molar-refractivity contribution is 7.99. The molecule has 1 aromatic carbocycles. The number of aromatic nitrogens is 1. The molecule has 5 nitrogen and oxygen atoms in total. The molecule has 2 amide bonds. The number of amides is 2. The highest BCUT2D eigenvalue weighted by Gasteiger charge is 2.24. The molecule has 0 bridgehead atoms. The average molecular weight is 331 g/mol. The quantitative estimate of drug-likeness (QED) is 0.932. The van der Waals surface area contributed by atoms with Crippen LogP contribution in [0.4, 0.5) is 4.79 Å². The number of aryl methyl sites for hydroxylation is 2. The lowest BCUT2D eigenvalue weighted by Gasteiger charge is -2.28. The van der Waals surface area contributed by atoms with E-state index in [-0.39, 0.29) is 12.1 Å². The van der Waals surface area contributed by atoms with Crippen LogP contribution in [0.25, 0.3) is 0 Å². The van der Waals surface area contributed by atoms with Gasteiger partial charge >= 0.3 is 6.03 Å². The summed E-state index contributed by atoms with van der Waals surface area (Å²) in [5, 5.41) is 7.09. The van der Waals surface area contributed by atoms with Crippen LogP contribution >= 0.6 is 11.8 Å². The SMILES string of the molecule is Cc1noc(C)c1CN(C)C(=O)N[C@@H]1CCSc2ccccc21. The van der Waals surface area contributed by atoms with Crippen LogP contribution < -0.4 is 5.32 Å². The number of nitrogens with one attached hydrogen (secondary N) is 1. The van der Waals surface area contributed by atoms with Crippen LogP contribution in [0.15, 0.2) is 33.7 Å². The third kappa shape index (κ3) is 3.37. The van der Waals surface area contributed by atoms with Crippen LogP contribution in [0.5, 0.6) is 0 Å². The molecule has 0 saturated carbocycles. The van der Waals surface area contributed by atoms with Gasteiger partial charge in [0, 0.05) is 23.3 Å². The van der Waals surface area contributed by atoms with E-state index in [0.717, 1.165) is 29.2 Å². The predicted molar refractivity (Wildman–Crippen MR) is 90.5 cm³/mol. The van der Waals surface area contributed by atoms with Gasteiger partial charge in [-0.25, -0.2) is 4.79 Å². The molecule has 2 heterocycles. The van der Waals surface area contributed by atoms with E-state index >= 15 is 0 Å². The Hall–Kier alpha value is -1.95. The Kier molecular flexibility index (Phi) is 4.61. The zero-order chi connectivity index (χ0) is 16.4. The fraction of sp³-hybridized carbons (Fsp3) is 0.412. The van der Waals surface area contributed by atoms with Gasteiger partial charge in [0.05, 0.1) is 18.3 Å². The molecule has 0 fully saturated rings. The maximum Gasteiger partial charge on any atom is 0.317 e. The first-order valence-corrected chi connectivity index (χ1v) is 8.70. The second-order valence-corrected chi connectivity index (χ2v) is 6.97. The van der Waals surface area contributed by atoms with E-state index < -0.39 is 0 Å². The summed E-state index contributed by atoms with van der Waals surface area (Å²) in [5.74, 6) is 1.79. The topological polar surface area (TPSA) is 58.4 Å². The van der Waals surface area contributed by atoms with Crippen molar-refractivity contribution < 1.29 is 9.32 Å².